The summed E-state index contributed by atoms with van der Waals surface area (Å²) in [5, 5.41) is 19.2. The fraction of sp³-hybridized carbons (Fsp3) is 0.342. The van der Waals surface area contributed by atoms with Crippen LogP contribution in [-0.2, 0) is 22.2 Å². The van der Waals surface area contributed by atoms with E-state index in [2.05, 4.69) is 30.1 Å². The summed E-state index contributed by atoms with van der Waals surface area (Å²) in [6.45, 7) is 1.26. The van der Waals surface area contributed by atoms with E-state index in [1.807, 2.05) is 12.1 Å². The van der Waals surface area contributed by atoms with Crippen molar-refractivity contribution < 1.29 is 24.5 Å². The Morgan fingerprint density at radius 2 is 1.52 bits per heavy atom. The van der Waals surface area contributed by atoms with Gasteiger partial charge in [-0.15, -0.1) is 0 Å². The molecule has 0 spiro atoms. The molecular formula is C38H39NO5. The van der Waals surface area contributed by atoms with E-state index in [1.165, 1.54) is 45.1 Å². The Bertz CT molecular complexity index is 1640. The first-order valence-electron chi connectivity index (χ1n) is 15.7. The van der Waals surface area contributed by atoms with Crippen LogP contribution < -0.4 is 4.74 Å². The number of hydrogen-bond acceptors (Lipinski definition) is 6. The van der Waals surface area contributed by atoms with Gasteiger partial charge in [-0.1, -0.05) is 61.4 Å². The number of carbonyl (C=O) groups excluding carboxylic acids is 1. The van der Waals surface area contributed by atoms with Gasteiger partial charge in [-0.25, -0.2) is 4.79 Å². The number of aromatic hydroxyl groups is 2. The van der Waals surface area contributed by atoms with Gasteiger partial charge >= 0.3 is 5.97 Å². The second-order valence-corrected chi connectivity index (χ2v) is 12.7. The highest BCUT2D eigenvalue weighted by Crippen LogP contribution is 2.56. The molecule has 2 heterocycles. The standard InChI is InChI=1S/C20H14O4.C18H25NO/c21-15-9-5-13(6-10-15)20(14-7-11-16(22)12-8-14)18-4-2-1-3-17(18)19(23)24-20;1-19-10-9-18-8-4-3-5-15(18)17(19)11-13-6-7-14(20-2)12-16(13)18/h1-12,21-22H;6-7,12,15,17H,3-5,8-11H2,1-2H3/t;15-,17-,18+/m.1/s1. The Kier molecular flexibility index (Phi) is 7.13. The van der Waals surface area contributed by atoms with E-state index in [4.69, 9.17) is 9.47 Å². The summed E-state index contributed by atoms with van der Waals surface area (Å²) in [6.07, 6.45) is 8.22. The maximum atomic E-state index is 12.4. The van der Waals surface area contributed by atoms with Crippen LogP contribution in [0.2, 0.25) is 0 Å². The number of hydrogen-bond donors (Lipinski definition) is 2. The number of likely N-dealkylation sites (N-methyl/N-ethyl adjacent to an activating group) is 1. The lowest BCUT2D eigenvalue weighted by Crippen LogP contribution is -2.59. The van der Waals surface area contributed by atoms with Gasteiger partial charge in [0.1, 0.15) is 17.2 Å². The van der Waals surface area contributed by atoms with Gasteiger partial charge < -0.3 is 24.6 Å². The first-order valence-corrected chi connectivity index (χ1v) is 15.7. The minimum atomic E-state index is -1.10. The molecule has 4 aliphatic rings. The van der Waals surface area contributed by atoms with E-state index in [0.717, 1.165) is 34.4 Å². The first-order chi connectivity index (χ1) is 21.4. The van der Waals surface area contributed by atoms with Crippen molar-refractivity contribution >= 4 is 5.97 Å². The number of fused-ring (bicyclic) bond motifs is 2. The number of esters is 1. The summed E-state index contributed by atoms with van der Waals surface area (Å²) in [6, 6.07) is 28.0. The van der Waals surface area contributed by atoms with Crippen molar-refractivity contribution in [2.75, 3.05) is 20.7 Å². The van der Waals surface area contributed by atoms with Crippen LogP contribution in [0.4, 0.5) is 0 Å². The van der Waals surface area contributed by atoms with Crippen molar-refractivity contribution in [2.45, 2.75) is 55.6 Å². The zero-order valence-electron chi connectivity index (χ0n) is 25.3. The van der Waals surface area contributed by atoms with Crippen molar-refractivity contribution in [3.8, 4) is 17.2 Å². The van der Waals surface area contributed by atoms with E-state index in [0.29, 0.717) is 11.0 Å². The third kappa shape index (κ3) is 4.46. The third-order valence-corrected chi connectivity index (χ3v) is 10.6. The fourth-order valence-corrected chi connectivity index (χ4v) is 8.51. The number of carbonyl (C=O) groups is 1. The van der Waals surface area contributed by atoms with E-state index >= 15 is 0 Å². The Hall–Kier alpha value is -4.29. The third-order valence-electron chi connectivity index (χ3n) is 10.6. The van der Waals surface area contributed by atoms with Crippen LogP contribution in [0.15, 0.2) is 91.0 Å². The molecule has 1 saturated heterocycles. The summed E-state index contributed by atoms with van der Waals surface area (Å²) in [4.78, 5) is 15.1. The van der Waals surface area contributed by atoms with Crippen molar-refractivity contribution in [3.05, 3.63) is 124 Å². The topological polar surface area (TPSA) is 79.2 Å². The quantitative estimate of drug-likeness (QED) is 0.252. The highest BCUT2D eigenvalue weighted by Gasteiger charge is 2.53. The van der Waals surface area contributed by atoms with Crippen LogP contribution in [0.1, 0.15) is 70.3 Å². The summed E-state index contributed by atoms with van der Waals surface area (Å²) >= 11 is 0. The summed E-state index contributed by atoms with van der Waals surface area (Å²) in [5.41, 5.74) is 5.28. The highest BCUT2D eigenvalue weighted by molar-refractivity contribution is 5.96. The average Bonchev–Trinajstić information content (AvgIpc) is 3.36. The molecule has 226 valence electrons. The number of piperidine rings is 1. The van der Waals surface area contributed by atoms with Gasteiger partial charge in [0.15, 0.2) is 5.60 Å². The van der Waals surface area contributed by atoms with Crippen molar-refractivity contribution in [3.63, 3.8) is 0 Å². The fourth-order valence-electron chi connectivity index (χ4n) is 8.51. The zero-order valence-corrected chi connectivity index (χ0v) is 25.3. The second-order valence-electron chi connectivity index (χ2n) is 12.7. The van der Waals surface area contributed by atoms with Crippen LogP contribution in [0.5, 0.6) is 17.2 Å². The molecule has 0 radical (unpaired) electrons. The Labute approximate surface area is 258 Å². The van der Waals surface area contributed by atoms with E-state index in [9.17, 15) is 15.0 Å². The number of cyclic esters (lactones) is 1. The Balaban J connectivity index is 0.000000144. The van der Waals surface area contributed by atoms with E-state index in [-0.39, 0.29) is 11.5 Å². The second kappa shape index (κ2) is 11.0. The van der Waals surface area contributed by atoms with Crippen LogP contribution in [-0.4, -0.2) is 47.8 Å². The lowest BCUT2D eigenvalue weighted by atomic mass is 9.52. The van der Waals surface area contributed by atoms with Crippen LogP contribution in [0.3, 0.4) is 0 Å². The number of phenolic OH excluding ortho intramolecular Hbond substituents is 2. The number of likely N-dealkylation sites (tertiary alicyclic amines) is 1. The maximum Gasteiger partial charge on any atom is 0.340 e. The molecule has 2 aliphatic carbocycles. The molecule has 4 aromatic rings. The number of phenols is 2. The van der Waals surface area contributed by atoms with Crippen molar-refractivity contribution in [2.24, 2.45) is 5.92 Å². The molecule has 6 heteroatoms. The molecule has 44 heavy (non-hydrogen) atoms. The highest BCUT2D eigenvalue weighted by atomic mass is 16.6. The van der Waals surface area contributed by atoms with Crippen LogP contribution >= 0.6 is 0 Å². The molecule has 0 unspecified atom stereocenters. The Morgan fingerprint density at radius 1 is 0.841 bits per heavy atom. The molecule has 0 amide bonds. The summed E-state index contributed by atoms with van der Waals surface area (Å²) in [5.74, 6) is 1.79. The molecule has 0 aromatic heterocycles. The lowest BCUT2D eigenvalue weighted by Gasteiger charge is -2.58. The van der Waals surface area contributed by atoms with Crippen molar-refractivity contribution in [1.82, 2.24) is 4.90 Å². The molecule has 1 saturated carbocycles. The van der Waals surface area contributed by atoms with Crippen LogP contribution in [0.25, 0.3) is 0 Å². The van der Waals surface area contributed by atoms with Gasteiger partial charge in [0.2, 0.25) is 0 Å². The lowest BCUT2D eigenvalue weighted by molar-refractivity contribution is 0.00274. The van der Waals surface area contributed by atoms with Gasteiger partial charge in [-0.3, -0.25) is 0 Å². The smallest absolute Gasteiger partial charge is 0.340 e. The van der Waals surface area contributed by atoms with Gasteiger partial charge in [-0.2, -0.15) is 0 Å². The van der Waals surface area contributed by atoms with E-state index in [1.54, 1.807) is 78.9 Å². The van der Waals surface area contributed by atoms with E-state index < -0.39 is 11.6 Å². The average molecular weight is 590 g/mol. The van der Waals surface area contributed by atoms with Gasteiger partial charge in [-0.05, 0) is 98.8 Å². The molecule has 3 atom stereocenters. The van der Waals surface area contributed by atoms with Gasteiger partial charge in [0, 0.05) is 28.1 Å². The molecule has 4 aromatic carbocycles. The molecule has 2 aliphatic heterocycles. The van der Waals surface area contributed by atoms with Gasteiger partial charge in [0.05, 0.1) is 12.7 Å². The number of nitrogens with zero attached hydrogens (tertiary/aromatic N) is 1. The Morgan fingerprint density at radius 3 is 2.20 bits per heavy atom. The summed E-state index contributed by atoms with van der Waals surface area (Å²) < 4.78 is 11.4. The SMILES string of the molecule is COc1ccc2c(c1)[C@]13CCCC[C@@H]1[C@@H](C2)N(C)CC3.O=C1OC(c2ccc(O)cc2)(c2ccc(O)cc2)c2ccccc21. The molecule has 2 fully saturated rings. The molecule has 6 nitrogen and oxygen atoms in total. The first kappa shape index (κ1) is 28.5. The predicted octanol–water partition coefficient (Wildman–Crippen LogP) is 6.94. The van der Waals surface area contributed by atoms with Gasteiger partial charge in [0.25, 0.3) is 0 Å². The maximum absolute atomic E-state index is 12.4. The minimum Gasteiger partial charge on any atom is -0.508 e. The number of ether oxygens (including phenoxy) is 2. The number of benzene rings is 4. The summed E-state index contributed by atoms with van der Waals surface area (Å²) in [7, 11) is 4.12. The minimum absolute atomic E-state index is 0.136. The molecule has 2 N–H and O–H groups in total. The monoisotopic (exact) mass is 589 g/mol. The predicted molar refractivity (Wildman–Crippen MR) is 169 cm³/mol. The van der Waals surface area contributed by atoms with Crippen molar-refractivity contribution in [1.29, 1.82) is 0 Å². The largest absolute Gasteiger partial charge is 0.508 e. The number of methoxy groups -OCH3 is 1. The zero-order chi connectivity index (χ0) is 30.5. The molecule has 8 rings (SSSR count). The molecule has 2 bridgehead atoms. The normalized spacial score (nSPS) is 24.5. The number of rotatable bonds is 3. The van der Waals surface area contributed by atoms with Crippen LogP contribution in [0, 0.1) is 5.92 Å². The molecular weight excluding hydrogens is 550 g/mol.